The SMILES string of the molecule is Brc1ccc(CC=C2C=CC=C2)cc1. The van der Waals surface area contributed by atoms with Crippen LogP contribution in [0.15, 0.2) is 64.7 Å². The van der Waals surface area contributed by atoms with E-state index >= 15 is 0 Å². The standard InChI is InChI=1S/C13H11Br/c14-13-9-7-12(8-10-13)6-5-11-3-1-2-4-11/h1-5,7-10H,6H2. The fourth-order valence-electron chi connectivity index (χ4n) is 1.38. The van der Waals surface area contributed by atoms with Crippen molar-refractivity contribution in [1.82, 2.24) is 0 Å². The Morgan fingerprint density at radius 2 is 1.64 bits per heavy atom. The third-order valence-electron chi connectivity index (χ3n) is 2.18. The van der Waals surface area contributed by atoms with Gasteiger partial charge >= 0.3 is 0 Å². The van der Waals surface area contributed by atoms with Gasteiger partial charge in [0.15, 0.2) is 0 Å². The van der Waals surface area contributed by atoms with E-state index in [0.29, 0.717) is 0 Å². The van der Waals surface area contributed by atoms with E-state index in [4.69, 9.17) is 0 Å². The van der Waals surface area contributed by atoms with E-state index in [1.807, 2.05) is 0 Å². The highest BCUT2D eigenvalue weighted by atomic mass is 79.9. The second-order valence-electron chi connectivity index (χ2n) is 3.25. The second kappa shape index (κ2) is 4.43. The first kappa shape index (κ1) is 9.47. The van der Waals surface area contributed by atoms with E-state index in [1.165, 1.54) is 11.1 Å². The normalized spacial score (nSPS) is 13.6. The van der Waals surface area contributed by atoms with Gasteiger partial charge in [-0.25, -0.2) is 0 Å². The maximum Gasteiger partial charge on any atom is 0.0175 e. The van der Waals surface area contributed by atoms with Gasteiger partial charge in [-0.3, -0.25) is 0 Å². The minimum Gasteiger partial charge on any atom is -0.0729 e. The zero-order valence-electron chi connectivity index (χ0n) is 7.78. The fraction of sp³-hybridized carbons (Fsp3) is 0.0769. The summed E-state index contributed by atoms with van der Waals surface area (Å²) in [7, 11) is 0. The largest absolute Gasteiger partial charge is 0.0729 e. The third kappa shape index (κ3) is 2.46. The molecule has 0 unspecified atom stereocenters. The molecule has 1 aromatic rings. The van der Waals surface area contributed by atoms with E-state index in [-0.39, 0.29) is 0 Å². The summed E-state index contributed by atoms with van der Waals surface area (Å²) >= 11 is 3.43. The average molecular weight is 247 g/mol. The number of halogens is 1. The third-order valence-corrected chi connectivity index (χ3v) is 2.70. The van der Waals surface area contributed by atoms with Crippen LogP contribution in [0.1, 0.15) is 5.56 Å². The molecular weight excluding hydrogens is 236 g/mol. The lowest BCUT2D eigenvalue weighted by Gasteiger charge is -1.97. The van der Waals surface area contributed by atoms with Crippen LogP contribution in [0, 0.1) is 0 Å². The van der Waals surface area contributed by atoms with Crippen molar-refractivity contribution >= 4 is 15.9 Å². The van der Waals surface area contributed by atoms with Crippen LogP contribution >= 0.6 is 15.9 Å². The Hall–Kier alpha value is -1.08. The van der Waals surface area contributed by atoms with Gasteiger partial charge in [0, 0.05) is 4.47 Å². The van der Waals surface area contributed by atoms with Crippen molar-refractivity contribution < 1.29 is 0 Å². The molecule has 0 saturated carbocycles. The zero-order chi connectivity index (χ0) is 9.80. The summed E-state index contributed by atoms with van der Waals surface area (Å²) in [6.45, 7) is 0. The molecule has 0 aliphatic heterocycles. The van der Waals surface area contributed by atoms with Crippen LogP contribution in [0.3, 0.4) is 0 Å². The van der Waals surface area contributed by atoms with Crippen LogP contribution < -0.4 is 0 Å². The zero-order valence-corrected chi connectivity index (χ0v) is 9.37. The quantitative estimate of drug-likeness (QED) is 0.739. The molecule has 1 heteroatoms. The number of benzene rings is 1. The molecule has 0 nitrogen and oxygen atoms in total. The van der Waals surface area contributed by atoms with Crippen LogP contribution in [0.4, 0.5) is 0 Å². The van der Waals surface area contributed by atoms with Gasteiger partial charge in [-0.1, -0.05) is 58.4 Å². The molecule has 0 fully saturated rings. The highest BCUT2D eigenvalue weighted by Gasteiger charge is 1.93. The maximum atomic E-state index is 3.43. The lowest BCUT2D eigenvalue weighted by molar-refractivity contribution is 1.25. The molecule has 1 aliphatic rings. The predicted molar refractivity (Wildman–Crippen MR) is 64.2 cm³/mol. The lowest BCUT2D eigenvalue weighted by atomic mass is 10.1. The molecule has 0 N–H and O–H groups in total. The molecule has 1 aliphatic carbocycles. The highest BCUT2D eigenvalue weighted by molar-refractivity contribution is 9.10. The average Bonchev–Trinajstić information content (AvgIpc) is 2.70. The topological polar surface area (TPSA) is 0 Å². The molecule has 0 bridgehead atoms. The minimum absolute atomic E-state index is 0.997. The van der Waals surface area contributed by atoms with Crippen molar-refractivity contribution in [3.8, 4) is 0 Å². The first-order valence-electron chi connectivity index (χ1n) is 4.64. The molecule has 0 aromatic heterocycles. The molecule has 0 radical (unpaired) electrons. The van der Waals surface area contributed by atoms with Gasteiger partial charge in [0.05, 0.1) is 0 Å². The number of hydrogen-bond donors (Lipinski definition) is 0. The monoisotopic (exact) mass is 246 g/mol. The summed E-state index contributed by atoms with van der Waals surface area (Å²) in [5.41, 5.74) is 2.64. The van der Waals surface area contributed by atoms with Gasteiger partial charge in [0.2, 0.25) is 0 Å². The molecule has 0 heterocycles. The molecule has 2 rings (SSSR count). The van der Waals surface area contributed by atoms with Crippen LogP contribution in [-0.4, -0.2) is 0 Å². The van der Waals surface area contributed by atoms with Gasteiger partial charge in [-0.05, 0) is 29.7 Å². The van der Waals surface area contributed by atoms with Crippen molar-refractivity contribution in [2.75, 3.05) is 0 Å². The minimum atomic E-state index is 0.997. The number of allylic oxidation sites excluding steroid dienone is 6. The summed E-state index contributed by atoms with van der Waals surface area (Å²) in [6, 6.07) is 8.44. The molecule has 0 amide bonds. The summed E-state index contributed by atoms with van der Waals surface area (Å²) < 4.78 is 1.13. The molecule has 1 aromatic carbocycles. The van der Waals surface area contributed by atoms with E-state index in [9.17, 15) is 0 Å². The Labute approximate surface area is 92.8 Å². The van der Waals surface area contributed by atoms with E-state index < -0.39 is 0 Å². The second-order valence-corrected chi connectivity index (χ2v) is 4.17. The first-order chi connectivity index (χ1) is 6.84. The van der Waals surface area contributed by atoms with Crippen LogP contribution in [0.25, 0.3) is 0 Å². The van der Waals surface area contributed by atoms with Crippen LogP contribution in [0.2, 0.25) is 0 Å². The van der Waals surface area contributed by atoms with Crippen molar-refractivity contribution in [3.05, 3.63) is 70.3 Å². The smallest absolute Gasteiger partial charge is 0.0175 e. The Morgan fingerprint density at radius 1 is 1.00 bits per heavy atom. The van der Waals surface area contributed by atoms with Crippen molar-refractivity contribution in [3.63, 3.8) is 0 Å². The predicted octanol–water partition coefficient (Wildman–Crippen LogP) is 4.04. The van der Waals surface area contributed by atoms with Gasteiger partial charge in [0.25, 0.3) is 0 Å². The first-order valence-corrected chi connectivity index (χ1v) is 5.43. The summed E-state index contributed by atoms with van der Waals surface area (Å²) in [6.07, 6.45) is 11.6. The van der Waals surface area contributed by atoms with Crippen molar-refractivity contribution in [2.45, 2.75) is 6.42 Å². The van der Waals surface area contributed by atoms with Crippen molar-refractivity contribution in [1.29, 1.82) is 0 Å². The Kier molecular flexibility index (Phi) is 3.00. The number of hydrogen-bond acceptors (Lipinski definition) is 0. The highest BCUT2D eigenvalue weighted by Crippen LogP contribution is 2.13. The summed E-state index contributed by atoms with van der Waals surface area (Å²) in [5, 5.41) is 0. The van der Waals surface area contributed by atoms with Gasteiger partial charge in [-0.15, -0.1) is 0 Å². The molecule has 0 saturated heterocycles. The van der Waals surface area contributed by atoms with E-state index in [1.54, 1.807) is 0 Å². The molecule has 0 spiro atoms. The van der Waals surface area contributed by atoms with E-state index in [2.05, 4.69) is 70.6 Å². The lowest BCUT2D eigenvalue weighted by Crippen LogP contribution is -1.80. The Balaban J connectivity index is 2.04. The molecular formula is C13H11Br. The Morgan fingerprint density at radius 3 is 2.29 bits per heavy atom. The maximum absolute atomic E-state index is 3.43. The van der Waals surface area contributed by atoms with Crippen LogP contribution in [0.5, 0.6) is 0 Å². The molecule has 14 heavy (non-hydrogen) atoms. The van der Waals surface area contributed by atoms with Gasteiger partial charge < -0.3 is 0 Å². The Bertz CT molecular complexity index is 380. The van der Waals surface area contributed by atoms with Crippen molar-refractivity contribution in [2.24, 2.45) is 0 Å². The molecule has 70 valence electrons. The van der Waals surface area contributed by atoms with Crippen LogP contribution in [-0.2, 0) is 6.42 Å². The molecule has 0 atom stereocenters. The van der Waals surface area contributed by atoms with E-state index in [0.717, 1.165) is 10.9 Å². The number of rotatable bonds is 2. The summed E-state index contributed by atoms with van der Waals surface area (Å²) in [5.74, 6) is 0. The van der Waals surface area contributed by atoms with Gasteiger partial charge in [0.1, 0.15) is 0 Å². The fourth-order valence-corrected chi connectivity index (χ4v) is 1.65. The van der Waals surface area contributed by atoms with Gasteiger partial charge in [-0.2, -0.15) is 0 Å². The summed E-state index contributed by atoms with van der Waals surface area (Å²) in [4.78, 5) is 0.